The number of nitrogens with one attached hydrogen (secondary N) is 1. The summed E-state index contributed by atoms with van der Waals surface area (Å²) < 4.78 is 0.237. The Kier molecular flexibility index (Phi) is 4.91. The Bertz CT molecular complexity index is 585. The molecule has 0 spiro atoms. The molecule has 0 saturated heterocycles. The number of hydrogen-bond donors (Lipinski definition) is 1. The van der Waals surface area contributed by atoms with E-state index in [1.54, 1.807) is 11.3 Å². The molecular formula is C15H23N3S2. The Morgan fingerprint density at radius 1 is 1.30 bits per heavy atom. The lowest BCUT2D eigenvalue weighted by atomic mass is 10.3. The van der Waals surface area contributed by atoms with Gasteiger partial charge in [0.1, 0.15) is 16.5 Å². The standard InChI is InChI=1S/C15H23N3S2/c1-6-7-16-13-11-8-10(2)20-14(11)18-12(17-13)9-19-15(3,4)5/h8H,6-7,9H2,1-5H3,(H,16,17,18). The van der Waals surface area contributed by atoms with Gasteiger partial charge in [-0.05, 0) is 19.4 Å². The number of aromatic nitrogens is 2. The predicted octanol–water partition coefficient (Wildman–Crippen LogP) is 4.85. The van der Waals surface area contributed by atoms with Crippen LogP contribution in [-0.4, -0.2) is 21.3 Å². The number of anilines is 1. The highest BCUT2D eigenvalue weighted by Gasteiger charge is 2.14. The van der Waals surface area contributed by atoms with Crippen molar-refractivity contribution in [3.05, 3.63) is 16.8 Å². The summed E-state index contributed by atoms with van der Waals surface area (Å²) in [6, 6.07) is 2.18. The van der Waals surface area contributed by atoms with Crippen LogP contribution >= 0.6 is 23.1 Å². The first-order chi connectivity index (χ1) is 9.39. The molecule has 110 valence electrons. The van der Waals surface area contributed by atoms with Crippen molar-refractivity contribution in [2.45, 2.75) is 51.5 Å². The van der Waals surface area contributed by atoms with Gasteiger partial charge in [0.2, 0.25) is 0 Å². The fourth-order valence-corrected chi connectivity index (χ4v) is 3.40. The van der Waals surface area contributed by atoms with Gasteiger partial charge in [-0.1, -0.05) is 27.7 Å². The van der Waals surface area contributed by atoms with Gasteiger partial charge in [-0.25, -0.2) is 9.97 Å². The molecule has 0 amide bonds. The summed E-state index contributed by atoms with van der Waals surface area (Å²) in [5.41, 5.74) is 0. The van der Waals surface area contributed by atoms with Gasteiger partial charge in [0, 0.05) is 16.2 Å². The summed E-state index contributed by atoms with van der Waals surface area (Å²) >= 11 is 3.63. The normalized spacial score (nSPS) is 12.1. The Balaban J connectivity index is 2.31. The summed E-state index contributed by atoms with van der Waals surface area (Å²) in [4.78, 5) is 11.8. The van der Waals surface area contributed by atoms with Crippen molar-refractivity contribution < 1.29 is 0 Å². The largest absolute Gasteiger partial charge is 0.369 e. The van der Waals surface area contributed by atoms with Gasteiger partial charge in [0.25, 0.3) is 0 Å². The third-order valence-corrected chi connectivity index (χ3v) is 4.95. The minimum absolute atomic E-state index is 0.237. The van der Waals surface area contributed by atoms with E-state index >= 15 is 0 Å². The predicted molar refractivity (Wildman–Crippen MR) is 92.0 cm³/mol. The first kappa shape index (κ1) is 15.6. The third kappa shape index (κ3) is 4.09. The van der Waals surface area contributed by atoms with Crippen LogP contribution in [0.2, 0.25) is 0 Å². The molecule has 0 atom stereocenters. The van der Waals surface area contributed by atoms with Gasteiger partial charge >= 0.3 is 0 Å². The molecule has 0 bridgehead atoms. The molecule has 0 fully saturated rings. The molecule has 0 saturated carbocycles. The van der Waals surface area contributed by atoms with E-state index in [1.807, 2.05) is 11.8 Å². The first-order valence-corrected chi connectivity index (χ1v) is 8.84. The number of rotatable bonds is 5. The number of thiophene rings is 1. The maximum Gasteiger partial charge on any atom is 0.142 e. The lowest BCUT2D eigenvalue weighted by Gasteiger charge is -2.17. The van der Waals surface area contributed by atoms with Crippen LogP contribution in [-0.2, 0) is 5.75 Å². The van der Waals surface area contributed by atoms with E-state index in [2.05, 4.69) is 46.0 Å². The van der Waals surface area contributed by atoms with Crippen molar-refractivity contribution in [1.82, 2.24) is 9.97 Å². The summed E-state index contributed by atoms with van der Waals surface area (Å²) in [6.07, 6.45) is 1.10. The van der Waals surface area contributed by atoms with Crippen molar-refractivity contribution in [2.24, 2.45) is 0 Å². The van der Waals surface area contributed by atoms with Gasteiger partial charge in [-0.15, -0.1) is 23.1 Å². The van der Waals surface area contributed by atoms with Crippen LogP contribution in [0.4, 0.5) is 5.82 Å². The molecule has 0 aliphatic rings. The van der Waals surface area contributed by atoms with Gasteiger partial charge in [-0.3, -0.25) is 0 Å². The number of fused-ring (bicyclic) bond motifs is 1. The maximum atomic E-state index is 4.72. The SMILES string of the molecule is CCCNc1nc(CSC(C)(C)C)nc2sc(C)cc12. The third-order valence-electron chi connectivity index (χ3n) is 2.74. The van der Waals surface area contributed by atoms with Crippen molar-refractivity contribution in [1.29, 1.82) is 0 Å². The molecule has 0 radical (unpaired) electrons. The second kappa shape index (κ2) is 6.31. The van der Waals surface area contributed by atoms with Crippen molar-refractivity contribution in [3.8, 4) is 0 Å². The van der Waals surface area contributed by atoms with Crippen LogP contribution in [0.5, 0.6) is 0 Å². The monoisotopic (exact) mass is 309 g/mol. The lowest BCUT2D eigenvalue weighted by Crippen LogP contribution is -2.10. The van der Waals surface area contributed by atoms with E-state index in [4.69, 9.17) is 9.97 Å². The highest BCUT2D eigenvalue weighted by Crippen LogP contribution is 2.31. The van der Waals surface area contributed by atoms with Crippen LogP contribution in [0.25, 0.3) is 10.2 Å². The average molecular weight is 310 g/mol. The minimum Gasteiger partial charge on any atom is -0.369 e. The van der Waals surface area contributed by atoms with E-state index in [9.17, 15) is 0 Å². The van der Waals surface area contributed by atoms with Crippen molar-refractivity contribution in [2.75, 3.05) is 11.9 Å². The molecule has 5 heteroatoms. The lowest BCUT2D eigenvalue weighted by molar-refractivity contribution is 0.800. The Labute approximate surface area is 129 Å². The van der Waals surface area contributed by atoms with E-state index in [0.717, 1.165) is 40.6 Å². The Morgan fingerprint density at radius 3 is 2.70 bits per heavy atom. The van der Waals surface area contributed by atoms with Crippen LogP contribution in [0, 0.1) is 6.92 Å². The highest BCUT2D eigenvalue weighted by molar-refractivity contribution is 7.99. The highest BCUT2D eigenvalue weighted by atomic mass is 32.2. The number of nitrogens with zero attached hydrogens (tertiary/aromatic N) is 2. The molecule has 1 N–H and O–H groups in total. The molecule has 0 aliphatic heterocycles. The molecular weight excluding hydrogens is 286 g/mol. The maximum absolute atomic E-state index is 4.72. The first-order valence-electron chi connectivity index (χ1n) is 7.04. The molecule has 2 aromatic rings. The molecule has 2 aromatic heterocycles. The average Bonchev–Trinajstić information content (AvgIpc) is 2.73. The van der Waals surface area contributed by atoms with Gasteiger partial charge < -0.3 is 5.32 Å². The summed E-state index contributed by atoms with van der Waals surface area (Å²) in [7, 11) is 0. The molecule has 0 unspecified atom stereocenters. The van der Waals surface area contributed by atoms with E-state index in [1.165, 1.54) is 4.88 Å². The molecule has 2 heterocycles. The van der Waals surface area contributed by atoms with Gasteiger partial charge in [0.15, 0.2) is 0 Å². The molecule has 2 rings (SSSR count). The van der Waals surface area contributed by atoms with E-state index in [0.29, 0.717) is 0 Å². The molecule has 0 aromatic carbocycles. The smallest absolute Gasteiger partial charge is 0.142 e. The van der Waals surface area contributed by atoms with E-state index < -0.39 is 0 Å². The molecule has 20 heavy (non-hydrogen) atoms. The topological polar surface area (TPSA) is 37.8 Å². The fraction of sp³-hybridized carbons (Fsp3) is 0.600. The van der Waals surface area contributed by atoms with Gasteiger partial charge in [-0.2, -0.15) is 0 Å². The zero-order valence-corrected chi connectivity index (χ0v) is 14.5. The van der Waals surface area contributed by atoms with Crippen LogP contribution in [0.1, 0.15) is 44.8 Å². The van der Waals surface area contributed by atoms with Crippen molar-refractivity contribution in [3.63, 3.8) is 0 Å². The zero-order valence-electron chi connectivity index (χ0n) is 12.9. The summed E-state index contributed by atoms with van der Waals surface area (Å²) in [5.74, 6) is 2.78. The Morgan fingerprint density at radius 2 is 2.05 bits per heavy atom. The molecule has 0 aliphatic carbocycles. The quantitative estimate of drug-likeness (QED) is 0.856. The Hall–Kier alpha value is -0.810. The molecule has 3 nitrogen and oxygen atoms in total. The number of aryl methyl sites for hydroxylation is 1. The zero-order chi connectivity index (χ0) is 14.8. The van der Waals surface area contributed by atoms with Crippen LogP contribution in [0.15, 0.2) is 6.07 Å². The summed E-state index contributed by atoms with van der Waals surface area (Å²) in [6.45, 7) is 11.9. The van der Waals surface area contributed by atoms with E-state index in [-0.39, 0.29) is 4.75 Å². The van der Waals surface area contributed by atoms with Crippen molar-refractivity contribution >= 4 is 39.1 Å². The second-order valence-electron chi connectivity index (χ2n) is 5.89. The van der Waals surface area contributed by atoms with Crippen LogP contribution < -0.4 is 5.32 Å². The fourth-order valence-electron chi connectivity index (χ4n) is 1.81. The minimum atomic E-state index is 0.237. The summed E-state index contributed by atoms with van der Waals surface area (Å²) in [5, 5.41) is 4.59. The van der Waals surface area contributed by atoms with Gasteiger partial charge in [0.05, 0.1) is 11.1 Å². The number of hydrogen-bond acceptors (Lipinski definition) is 5. The number of thioether (sulfide) groups is 1. The van der Waals surface area contributed by atoms with Crippen LogP contribution in [0.3, 0.4) is 0 Å². The second-order valence-corrected chi connectivity index (χ2v) is 8.93.